The molecule has 0 saturated carbocycles. The fraction of sp³-hybridized carbons (Fsp3) is 0.467. The number of amides is 1. The lowest BCUT2D eigenvalue weighted by Crippen LogP contribution is -2.38. The molecular weight excluding hydrogens is 468 g/mol. The van der Waals surface area contributed by atoms with Crippen molar-refractivity contribution in [3.63, 3.8) is 0 Å². The molecule has 0 bridgehead atoms. The Balaban J connectivity index is 2.05. The monoisotopic (exact) mass is 508 g/mol. The molecule has 0 radical (unpaired) electrons. The van der Waals surface area contributed by atoms with Gasteiger partial charge in [-0.05, 0) is 74.3 Å². The zero-order chi connectivity index (χ0) is 27.1. The highest BCUT2D eigenvalue weighted by atomic mass is 16.5. The van der Waals surface area contributed by atoms with E-state index in [1.165, 1.54) is 0 Å². The third kappa shape index (κ3) is 6.52. The summed E-state index contributed by atoms with van der Waals surface area (Å²) in [5.74, 6) is 0.372. The maximum Gasteiger partial charge on any atom is 0.295 e. The minimum atomic E-state index is -0.691. The van der Waals surface area contributed by atoms with E-state index in [1.54, 1.807) is 23.1 Å². The van der Waals surface area contributed by atoms with Gasteiger partial charge in [0.05, 0.1) is 24.8 Å². The van der Waals surface area contributed by atoms with Crippen LogP contribution >= 0.6 is 0 Å². The number of aliphatic hydroxyl groups is 1. The van der Waals surface area contributed by atoms with Crippen molar-refractivity contribution in [3.8, 4) is 11.5 Å². The van der Waals surface area contributed by atoms with Gasteiger partial charge in [0.15, 0.2) is 0 Å². The Bertz CT molecular complexity index is 1120. The standard InChI is InChI=1S/C30H40N2O5/c1-7-31(8-2)16-17-32-27(22-10-13-24(14-11-22)36-9-3)26(29(34)30(32)35)28(33)23-12-15-25(21(6)18-23)37-19-20(4)5/h10-15,18,20,27,33H,7-9,16-17,19H2,1-6H3/b28-26+/t27-/m0/s1. The summed E-state index contributed by atoms with van der Waals surface area (Å²) in [6.45, 7) is 15.9. The predicted octanol–water partition coefficient (Wildman–Crippen LogP) is 5.19. The summed E-state index contributed by atoms with van der Waals surface area (Å²) in [6.07, 6.45) is 0. The van der Waals surface area contributed by atoms with Crippen molar-refractivity contribution in [1.82, 2.24) is 9.80 Å². The third-order valence-electron chi connectivity index (χ3n) is 6.62. The number of aliphatic hydroxyl groups excluding tert-OH is 1. The number of ether oxygens (including phenoxy) is 2. The van der Waals surface area contributed by atoms with Gasteiger partial charge in [-0.25, -0.2) is 0 Å². The Morgan fingerprint density at radius 2 is 1.70 bits per heavy atom. The molecule has 2 aromatic rings. The summed E-state index contributed by atoms with van der Waals surface area (Å²) in [6, 6.07) is 12.0. The van der Waals surface area contributed by atoms with Gasteiger partial charge in [0, 0.05) is 18.7 Å². The second-order valence-corrected chi connectivity index (χ2v) is 9.71. The van der Waals surface area contributed by atoms with E-state index in [0.29, 0.717) is 43.5 Å². The molecule has 7 nitrogen and oxygen atoms in total. The minimum absolute atomic E-state index is 0.101. The van der Waals surface area contributed by atoms with Gasteiger partial charge in [-0.15, -0.1) is 0 Å². The zero-order valence-electron chi connectivity index (χ0n) is 22.9. The van der Waals surface area contributed by atoms with Crippen LogP contribution in [0, 0.1) is 12.8 Å². The van der Waals surface area contributed by atoms with Crippen molar-refractivity contribution < 1.29 is 24.2 Å². The van der Waals surface area contributed by atoms with Crippen LogP contribution in [0.4, 0.5) is 0 Å². The van der Waals surface area contributed by atoms with Crippen molar-refractivity contribution in [2.75, 3.05) is 39.4 Å². The predicted molar refractivity (Wildman–Crippen MR) is 146 cm³/mol. The van der Waals surface area contributed by atoms with E-state index in [2.05, 4.69) is 32.6 Å². The number of likely N-dealkylation sites (N-methyl/N-ethyl adjacent to an activating group) is 1. The number of aryl methyl sites for hydroxylation is 1. The van der Waals surface area contributed by atoms with Gasteiger partial charge >= 0.3 is 0 Å². The van der Waals surface area contributed by atoms with E-state index in [0.717, 1.165) is 30.0 Å². The molecule has 1 N–H and O–H groups in total. The molecular formula is C30H40N2O5. The average Bonchev–Trinajstić information content (AvgIpc) is 3.13. The Morgan fingerprint density at radius 1 is 1.03 bits per heavy atom. The molecule has 1 aliphatic heterocycles. The maximum absolute atomic E-state index is 13.3. The van der Waals surface area contributed by atoms with Crippen LogP contribution in [-0.2, 0) is 9.59 Å². The fourth-order valence-corrected chi connectivity index (χ4v) is 4.53. The first-order valence-electron chi connectivity index (χ1n) is 13.2. The SMILES string of the molecule is CCOc1ccc([C@H]2/C(=C(\O)c3ccc(OCC(C)C)c(C)c3)C(=O)C(=O)N2CCN(CC)CC)cc1. The molecule has 2 aromatic carbocycles. The first-order chi connectivity index (χ1) is 17.7. The summed E-state index contributed by atoms with van der Waals surface area (Å²) in [7, 11) is 0. The minimum Gasteiger partial charge on any atom is -0.507 e. The van der Waals surface area contributed by atoms with Crippen molar-refractivity contribution in [3.05, 3.63) is 64.7 Å². The van der Waals surface area contributed by atoms with Crippen molar-refractivity contribution in [2.45, 2.75) is 47.6 Å². The van der Waals surface area contributed by atoms with Crippen LogP contribution in [0.3, 0.4) is 0 Å². The smallest absolute Gasteiger partial charge is 0.295 e. The summed E-state index contributed by atoms with van der Waals surface area (Å²) < 4.78 is 11.4. The molecule has 7 heteroatoms. The zero-order valence-corrected chi connectivity index (χ0v) is 22.9. The molecule has 37 heavy (non-hydrogen) atoms. The average molecular weight is 509 g/mol. The van der Waals surface area contributed by atoms with E-state index >= 15 is 0 Å². The number of nitrogens with zero attached hydrogens (tertiary/aromatic N) is 2. The Morgan fingerprint density at radius 3 is 2.27 bits per heavy atom. The number of likely N-dealkylation sites (tertiary alicyclic amines) is 1. The van der Waals surface area contributed by atoms with Crippen LogP contribution in [0.15, 0.2) is 48.0 Å². The van der Waals surface area contributed by atoms with Crippen molar-refractivity contribution >= 4 is 17.4 Å². The third-order valence-corrected chi connectivity index (χ3v) is 6.62. The van der Waals surface area contributed by atoms with Gasteiger partial charge in [-0.2, -0.15) is 0 Å². The number of rotatable bonds is 12. The molecule has 0 unspecified atom stereocenters. The van der Waals surface area contributed by atoms with Crippen LogP contribution in [0.2, 0.25) is 0 Å². The number of ketones is 1. The maximum atomic E-state index is 13.3. The van der Waals surface area contributed by atoms with Gasteiger partial charge in [-0.1, -0.05) is 39.8 Å². The van der Waals surface area contributed by atoms with Crippen molar-refractivity contribution in [1.29, 1.82) is 0 Å². The summed E-state index contributed by atoms with van der Waals surface area (Å²) in [5.41, 5.74) is 2.17. The second kappa shape index (κ2) is 12.8. The summed E-state index contributed by atoms with van der Waals surface area (Å²) in [5, 5.41) is 11.4. The topological polar surface area (TPSA) is 79.3 Å². The highest BCUT2D eigenvalue weighted by molar-refractivity contribution is 6.46. The van der Waals surface area contributed by atoms with Crippen molar-refractivity contribution in [2.24, 2.45) is 5.92 Å². The quantitative estimate of drug-likeness (QED) is 0.241. The summed E-state index contributed by atoms with van der Waals surface area (Å²) >= 11 is 0. The van der Waals surface area contributed by atoms with Gasteiger partial charge in [0.25, 0.3) is 11.7 Å². The molecule has 1 aliphatic rings. The molecule has 1 amide bonds. The van der Waals surface area contributed by atoms with Gasteiger partial charge < -0.3 is 24.4 Å². The molecule has 0 spiro atoms. The van der Waals surface area contributed by atoms with Crippen LogP contribution in [0.1, 0.15) is 57.4 Å². The lowest BCUT2D eigenvalue weighted by molar-refractivity contribution is -0.140. The molecule has 200 valence electrons. The highest BCUT2D eigenvalue weighted by Crippen LogP contribution is 2.40. The van der Waals surface area contributed by atoms with E-state index in [1.807, 2.05) is 38.1 Å². The molecule has 0 aromatic heterocycles. The van der Waals surface area contributed by atoms with Crippen LogP contribution < -0.4 is 9.47 Å². The lowest BCUT2D eigenvalue weighted by atomic mass is 9.94. The number of carbonyl (C=O) groups is 2. The van der Waals surface area contributed by atoms with Crippen LogP contribution in [0.5, 0.6) is 11.5 Å². The van der Waals surface area contributed by atoms with Crippen LogP contribution in [-0.4, -0.2) is 66.0 Å². The molecule has 1 fully saturated rings. The Kier molecular flexibility index (Phi) is 9.75. The van der Waals surface area contributed by atoms with Gasteiger partial charge in [-0.3, -0.25) is 9.59 Å². The number of benzene rings is 2. The number of carbonyl (C=O) groups excluding carboxylic acids is 2. The van der Waals surface area contributed by atoms with Crippen LogP contribution in [0.25, 0.3) is 5.76 Å². The van der Waals surface area contributed by atoms with E-state index in [4.69, 9.17) is 9.47 Å². The molecule has 1 saturated heterocycles. The highest BCUT2D eigenvalue weighted by Gasteiger charge is 2.46. The van der Waals surface area contributed by atoms with E-state index in [-0.39, 0.29) is 11.3 Å². The largest absolute Gasteiger partial charge is 0.507 e. The van der Waals surface area contributed by atoms with Gasteiger partial charge in [0.1, 0.15) is 17.3 Å². The lowest BCUT2D eigenvalue weighted by Gasteiger charge is -2.28. The Labute approximate surface area is 220 Å². The molecule has 0 aliphatic carbocycles. The number of Topliss-reactive ketones (excluding diaryl/α,β-unsaturated/α-hetero) is 1. The normalized spacial score (nSPS) is 17.2. The first-order valence-corrected chi connectivity index (χ1v) is 13.2. The molecule has 1 heterocycles. The molecule has 3 rings (SSSR count). The van der Waals surface area contributed by atoms with E-state index < -0.39 is 17.7 Å². The first kappa shape index (κ1) is 28.3. The van der Waals surface area contributed by atoms with Gasteiger partial charge in [0.2, 0.25) is 0 Å². The Hall–Kier alpha value is -3.32. The fourth-order valence-electron chi connectivity index (χ4n) is 4.53. The molecule has 1 atom stereocenters. The second-order valence-electron chi connectivity index (χ2n) is 9.71. The summed E-state index contributed by atoms with van der Waals surface area (Å²) in [4.78, 5) is 30.3. The number of hydrogen-bond acceptors (Lipinski definition) is 6. The number of hydrogen-bond donors (Lipinski definition) is 1. The van der Waals surface area contributed by atoms with E-state index in [9.17, 15) is 14.7 Å².